The molecule has 0 radical (unpaired) electrons. The largest absolute Gasteiger partial charge is 0.340 e. The maximum Gasteiger partial charge on any atom is 0.188 e. The molecule has 4 aromatic rings. The Bertz CT molecular complexity index is 1120. The van der Waals surface area contributed by atoms with Crippen molar-refractivity contribution in [3.05, 3.63) is 65.6 Å². The number of nitrogens with one attached hydrogen (secondary N) is 2. The fourth-order valence-electron chi connectivity index (χ4n) is 3.11. The highest BCUT2D eigenvalue weighted by molar-refractivity contribution is 7.22. The average Bonchev–Trinajstić information content (AvgIpc) is 3.09. The first kappa shape index (κ1) is 18.4. The number of anilines is 4. The third-order valence-corrected chi connectivity index (χ3v) is 5.60. The predicted octanol–water partition coefficient (Wildman–Crippen LogP) is 6.01. The topological polar surface area (TPSA) is 62.7 Å². The quantitative estimate of drug-likeness (QED) is 0.423. The van der Waals surface area contributed by atoms with Crippen LogP contribution in [0.1, 0.15) is 30.7 Å². The van der Waals surface area contributed by atoms with Crippen molar-refractivity contribution < 1.29 is 0 Å². The van der Waals surface area contributed by atoms with E-state index >= 15 is 0 Å². The van der Waals surface area contributed by atoms with Gasteiger partial charge in [-0.05, 0) is 55.2 Å². The Kier molecular flexibility index (Phi) is 5.21. The van der Waals surface area contributed by atoms with E-state index in [-0.39, 0.29) is 0 Å². The minimum absolute atomic E-state index is 0.787. The molecule has 0 fully saturated rings. The number of thiazole rings is 1. The molecule has 2 N–H and O–H groups in total. The van der Waals surface area contributed by atoms with Gasteiger partial charge in [-0.3, -0.25) is 0 Å². The van der Waals surface area contributed by atoms with Crippen molar-refractivity contribution in [2.75, 3.05) is 10.6 Å². The second kappa shape index (κ2) is 7.94. The molecule has 2 heterocycles. The third-order valence-electron chi connectivity index (χ3n) is 4.67. The van der Waals surface area contributed by atoms with Crippen LogP contribution in [0.25, 0.3) is 10.2 Å². The summed E-state index contributed by atoms with van der Waals surface area (Å²) < 4.78 is 1.21. The van der Waals surface area contributed by atoms with Gasteiger partial charge in [0, 0.05) is 23.1 Å². The molecule has 2 aromatic carbocycles. The van der Waals surface area contributed by atoms with E-state index in [0.717, 1.165) is 46.4 Å². The summed E-state index contributed by atoms with van der Waals surface area (Å²) in [5, 5.41) is 7.79. The summed E-state index contributed by atoms with van der Waals surface area (Å²) in [6.45, 7) is 6.29. The summed E-state index contributed by atoms with van der Waals surface area (Å²) in [6, 6.07) is 14.7. The molecule has 0 amide bonds. The fourth-order valence-corrected chi connectivity index (χ4v) is 4.05. The number of aryl methyl sites for hydroxylation is 3. The Morgan fingerprint density at radius 1 is 0.929 bits per heavy atom. The first-order chi connectivity index (χ1) is 13.6. The second-order valence-corrected chi connectivity index (χ2v) is 7.73. The smallest absolute Gasteiger partial charge is 0.188 e. The van der Waals surface area contributed by atoms with Crippen LogP contribution in [0.5, 0.6) is 0 Å². The van der Waals surface area contributed by atoms with Gasteiger partial charge >= 0.3 is 0 Å². The van der Waals surface area contributed by atoms with E-state index < -0.39 is 0 Å². The molecule has 0 aliphatic carbocycles. The monoisotopic (exact) mass is 389 g/mol. The van der Waals surface area contributed by atoms with Gasteiger partial charge in [0.2, 0.25) is 0 Å². The molecule has 28 heavy (non-hydrogen) atoms. The molecule has 142 valence electrons. The van der Waals surface area contributed by atoms with Crippen molar-refractivity contribution >= 4 is 43.9 Å². The highest BCUT2D eigenvalue weighted by Crippen LogP contribution is 2.32. The Morgan fingerprint density at radius 3 is 2.61 bits per heavy atom. The standard InChI is InChI=1S/C22H23N5S/c1-4-15-6-9-18-20(11-15)28-22(26-18)27-19-12-17(8-7-16(19)5-2)25-21-10-14(3)23-13-24-21/h6-13H,4-5H2,1-3H3,(H,26,27)(H,23,24,25). The molecule has 0 spiro atoms. The SMILES string of the molecule is CCc1ccc2nc(Nc3cc(Nc4cc(C)ncn4)ccc3CC)sc2c1. The lowest BCUT2D eigenvalue weighted by Crippen LogP contribution is -1.99. The van der Waals surface area contributed by atoms with Crippen LogP contribution in [0.2, 0.25) is 0 Å². The van der Waals surface area contributed by atoms with Crippen molar-refractivity contribution in [3.8, 4) is 0 Å². The molecule has 0 atom stereocenters. The van der Waals surface area contributed by atoms with Gasteiger partial charge in [-0.1, -0.05) is 37.3 Å². The van der Waals surface area contributed by atoms with Gasteiger partial charge in [-0.15, -0.1) is 0 Å². The number of benzene rings is 2. The van der Waals surface area contributed by atoms with Crippen LogP contribution >= 0.6 is 11.3 Å². The predicted molar refractivity (Wildman–Crippen MR) is 118 cm³/mol. The van der Waals surface area contributed by atoms with Crippen molar-refractivity contribution in [2.24, 2.45) is 0 Å². The molecule has 4 rings (SSSR count). The van der Waals surface area contributed by atoms with Gasteiger partial charge in [0.05, 0.1) is 10.2 Å². The van der Waals surface area contributed by atoms with Gasteiger partial charge in [-0.25, -0.2) is 15.0 Å². The highest BCUT2D eigenvalue weighted by atomic mass is 32.1. The molecular weight excluding hydrogens is 366 g/mol. The molecule has 0 saturated heterocycles. The van der Waals surface area contributed by atoms with E-state index in [4.69, 9.17) is 4.98 Å². The Balaban J connectivity index is 1.62. The average molecular weight is 390 g/mol. The molecule has 0 aliphatic rings. The van der Waals surface area contributed by atoms with Gasteiger partial charge in [0.1, 0.15) is 12.1 Å². The fraction of sp³-hybridized carbons (Fsp3) is 0.227. The summed E-state index contributed by atoms with van der Waals surface area (Å²) in [4.78, 5) is 13.2. The Labute approximate surface area is 168 Å². The second-order valence-electron chi connectivity index (χ2n) is 6.69. The van der Waals surface area contributed by atoms with Gasteiger partial charge in [-0.2, -0.15) is 0 Å². The summed E-state index contributed by atoms with van der Waals surface area (Å²) in [5.41, 5.74) is 6.59. The summed E-state index contributed by atoms with van der Waals surface area (Å²) >= 11 is 1.69. The Hall–Kier alpha value is -2.99. The van der Waals surface area contributed by atoms with Crippen molar-refractivity contribution in [1.29, 1.82) is 0 Å². The van der Waals surface area contributed by atoms with E-state index in [2.05, 4.69) is 70.8 Å². The van der Waals surface area contributed by atoms with Crippen LogP contribution in [0.4, 0.5) is 22.3 Å². The first-order valence-corrected chi connectivity index (χ1v) is 10.3. The maximum atomic E-state index is 4.75. The van der Waals surface area contributed by atoms with E-state index in [0.29, 0.717) is 0 Å². The summed E-state index contributed by atoms with van der Waals surface area (Å²) in [6.07, 6.45) is 3.55. The number of rotatable bonds is 6. The molecule has 0 unspecified atom stereocenters. The lowest BCUT2D eigenvalue weighted by atomic mass is 10.1. The van der Waals surface area contributed by atoms with Crippen LogP contribution in [-0.2, 0) is 12.8 Å². The minimum atomic E-state index is 0.787. The maximum absolute atomic E-state index is 4.75. The van der Waals surface area contributed by atoms with Gasteiger partial charge in [0.15, 0.2) is 5.13 Å². The normalized spacial score (nSPS) is 11.0. The molecule has 5 nitrogen and oxygen atoms in total. The van der Waals surface area contributed by atoms with Crippen LogP contribution in [-0.4, -0.2) is 15.0 Å². The molecule has 0 saturated carbocycles. The van der Waals surface area contributed by atoms with Gasteiger partial charge in [0.25, 0.3) is 0 Å². The zero-order chi connectivity index (χ0) is 19.5. The Morgan fingerprint density at radius 2 is 1.82 bits per heavy atom. The van der Waals surface area contributed by atoms with Crippen molar-refractivity contribution in [1.82, 2.24) is 15.0 Å². The molecular formula is C22H23N5S. The van der Waals surface area contributed by atoms with Crippen molar-refractivity contribution in [2.45, 2.75) is 33.6 Å². The number of aromatic nitrogens is 3. The summed E-state index contributed by atoms with van der Waals surface area (Å²) in [5.74, 6) is 0.787. The van der Waals surface area contributed by atoms with Crippen LogP contribution < -0.4 is 10.6 Å². The van der Waals surface area contributed by atoms with Crippen LogP contribution in [0, 0.1) is 6.92 Å². The third kappa shape index (κ3) is 3.97. The lowest BCUT2D eigenvalue weighted by Gasteiger charge is -2.12. The minimum Gasteiger partial charge on any atom is -0.340 e. The number of nitrogens with zero attached hydrogens (tertiary/aromatic N) is 3. The molecule has 0 aliphatic heterocycles. The number of hydrogen-bond donors (Lipinski definition) is 2. The first-order valence-electron chi connectivity index (χ1n) is 9.49. The van der Waals surface area contributed by atoms with E-state index in [1.54, 1.807) is 17.7 Å². The van der Waals surface area contributed by atoms with Crippen LogP contribution in [0.15, 0.2) is 48.8 Å². The number of fused-ring (bicyclic) bond motifs is 1. The number of hydrogen-bond acceptors (Lipinski definition) is 6. The van der Waals surface area contributed by atoms with E-state index in [9.17, 15) is 0 Å². The zero-order valence-electron chi connectivity index (χ0n) is 16.3. The molecule has 0 bridgehead atoms. The lowest BCUT2D eigenvalue weighted by molar-refractivity contribution is 1.10. The van der Waals surface area contributed by atoms with Crippen LogP contribution in [0.3, 0.4) is 0 Å². The zero-order valence-corrected chi connectivity index (χ0v) is 17.1. The molecule has 2 aromatic heterocycles. The van der Waals surface area contributed by atoms with E-state index in [1.165, 1.54) is 15.8 Å². The molecule has 6 heteroatoms. The van der Waals surface area contributed by atoms with E-state index in [1.807, 2.05) is 13.0 Å². The highest BCUT2D eigenvalue weighted by Gasteiger charge is 2.09. The van der Waals surface area contributed by atoms with Gasteiger partial charge < -0.3 is 10.6 Å². The summed E-state index contributed by atoms with van der Waals surface area (Å²) in [7, 11) is 0. The van der Waals surface area contributed by atoms with Crippen molar-refractivity contribution in [3.63, 3.8) is 0 Å².